The molecule has 5 heteroatoms. The molecule has 1 saturated heterocycles. The molecule has 1 aliphatic rings. The zero-order valence-corrected chi connectivity index (χ0v) is 10.8. The normalized spacial score (nSPS) is 27.2. The maximum Gasteiger partial charge on any atom is 0.230 e. The van der Waals surface area contributed by atoms with Crippen molar-refractivity contribution in [1.29, 1.82) is 0 Å². The van der Waals surface area contributed by atoms with Crippen LogP contribution in [0, 0.1) is 12.3 Å². The Bertz CT molecular complexity index is 432. The SMILES string of the molecule is Cc1ccc(CNC(=O)C2(C)COCC2N)cn1. The average molecular weight is 249 g/mol. The summed E-state index contributed by atoms with van der Waals surface area (Å²) >= 11 is 0. The largest absolute Gasteiger partial charge is 0.379 e. The van der Waals surface area contributed by atoms with Crippen molar-refractivity contribution in [3.05, 3.63) is 29.6 Å². The third-order valence-electron chi connectivity index (χ3n) is 3.46. The van der Waals surface area contributed by atoms with Crippen LogP contribution in [-0.4, -0.2) is 30.1 Å². The van der Waals surface area contributed by atoms with Gasteiger partial charge in [-0.1, -0.05) is 6.07 Å². The van der Waals surface area contributed by atoms with Crippen molar-refractivity contribution >= 4 is 5.91 Å². The van der Waals surface area contributed by atoms with Crippen LogP contribution < -0.4 is 11.1 Å². The number of pyridine rings is 1. The molecule has 5 nitrogen and oxygen atoms in total. The molecule has 1 aromatic rings. The molecule has 0 spiro atoms. The number of hydrogen-bond acceptors (Lipinski definition) is 4. The average Bonchev–Trinajstić information content (AvgIpc) is 2.70. The highest BCUT2D eigenvalue weighted by Gasteiger charge is 2.44. The highest BCUT2D eigenvalue weighted by Crippen LogP contribution is 2.27. The number of nitrogens with one attached hydrogen (secondary N) is 1. The maximum absolute atomic E-state index is 12.1. The fourth-order valence-electron chi connectivity index (χ4n) is 1.91. The predicted octanol–water partition coefficient (Wildman–Crippen LogP) is 0.370. The minimum atomic E-state index is -0.627. The monoisotopic (exact) mass is 249 g/mol. The van der Waals surface area contributed by atoms with Crippen LogP contribution in [0.25, 0.3) is 0 Å². The first-order chi connectivity index (χ1) is 8.52. The summed E-state index contributed by atoms with van der Waals surface area (Å²) in [5.74, 6) is -0.0620. The standard InChI is InChI=1S/C13H19N3O2/c1-9-3-4-10(5-15-9)6-16-12(17)13(2)8-18-7-11(13)14/h3-5,11H,6-8,14H2,1-2H3,(H,16,17). The quantitative estimate of drug-likeness (QED) is 0.811. The molecule has 2 atom stereocenters. The van der Waals surface area contributed by atoms with Gasteiger partial charge >= 0.3 is 0 Å². The third kappa shape index (κ3) is 2.52. The van der Waals surface area contributed by atoms with Crippen molar-refractivity contribution in [2.75, 3.05) is 13.2 Å². The first kappa shape index (κ1) is 13.0. The highest BCUT2D eigenvalue weighted by molar-refractivity contribution is 5.83. The van der Waals surface area contributed by atoms with E-state index in [1.54, 1.807) is 6.20 Å². The van der Waals surface area contributed by atoms with E-state index in [9.17, 15) is 4.79 Å². The van der Waals surface area contributed by atoms with E-state index in [4.69, 9.17) is 10.5 Å². The van der Waals surface area contributed by atoms with E-state index in [-0.39, 0.29) is 11.9 Å². The number of carbonyl (C=O) groups is 1. The van der Waals surface area contributed by atoms with Gasteiger partial charge < -0.3 is 15.8 Å². The summed E-state index contributed by atoms with van der Waals surface area (Å²) in [6.07, 6.45) is 1.77. The number of carbonyl (C=O) groups excluding carboxylic acids is 1. The van der Waals surface area contributed by atoms with E-state index in [0.29, 0.717) is 19.8 Å². The van der Waals surface area contributed by atoms with E-state index in [1.807, 2.05) is 26.0 Å². The molecule has 0 aliphatic carbocycles. The molecule has 0 saturated carbocycles. The molecule has 1 aliphatic heterocycles. The Hall–Kier alpha value is -1.46. The van der Waals surface area contributed by atoms with Crippen molar-refractivity contribution in [3.63, 3.8) is 0 Å². The van der Waals surface area contributed by atoms with Crippen molar-refractivity contribution in [1.82, 2.24) is 10.3 Å². The van der Waals surface area contributed by atoms with Gasteiger partial charge in [0.1, 0.15) is 0 Å². The first-order valence-corrected chi connectivity index (χ1v) is 6.05. The fraction of sp³-hybridized carbons (Fsp3) is 0.538. The van der Waals surface area contributed by atoms with Crippen molar-refractivity contribution < 1.29 is 9.53 Å². The smallest absolute Gasteiger partial charge is 0.230 e. The van der Waals surface area contributed by atoms with Gasteiger partial charge in [-0.3, -0.25) is 9.78 Å². The summed E-state index contributed by atoms with van der Waals surface area (Å²) in [5, 5.41) is 2.89. The van der Waals surface area contributed by atoms with Gasteiger partial charge in [0.05, 0.1) is 18.6 Å². The summed E-state index contributed by atoms with van der Waals surface area (Å²) < 4.78 is 5.26. The molecule has 2 heterocycles. The summed E-state index contributed by atoms with van der Waals surface area (Å²) in [4.78, 5) is 16.3. The molecule has 0 radical (unpaired) electrons. The number of hydrogen-bond donors (Lipinski definition) is 2. The third-order valence-corrected chi connectivity index (χ3v) is 3.46. The Morgan fingerprint density at radius 2 is 2.44 bits per heavy atom. The lowest BCUT2D eigenvalue weighted by atomic mass is 9.85. The van der Waals surface area contributed by atoms with E-state index in [0.717, 1.165) is 11.3 Å². The van der Waals surface area contributed by atoms with Crippen LogP contribution in [0.15, 0.2) is 18.3 Å². The number of aryl methyl sites for hydroxylation is 1. The van der Waals surface area contributed by atoms with E-state index < -0.39 is 5.41 Å². The molecule has 1 aromatic heterocycles. The first-order valence-electron chi connectivity index (χ1n) is 6.05. The van der Waals surface area contributed by atoms with Gasteiger partial charge in [0, 0.05) is 24.5 Å². The summed E-state index contributed by atoms with van der Waals surface area (Å²) in [6, 6.07) is 3.64. The van der Waals surface area contributed by atoms with Gasteiger partial charge in [0.15, 0.2) is 0 Å². The van der Waals surface area contributed by atoms with Crippen LogP contribution in [-0.2, 0) is 16.1 Å². The minimum absolute atomic E-state index is 0.0620. The number of nitrogens with zero attached hydrogens (tertiary/aromatic N) is 1. The van der Waals surface area contributed by atoms with Crippen molar-refractivity contribution in [3.8, 4) is 0 Å². The van der Waals surface area contributed by atoms with E-state index in [2.05, 4.69) is 10.3 Å². The van der Waals surface area contributed by atoms with Gasteiger partial charge in [-0.2, -0.15) is 0 Å². The number of rotatable bonds is 3. The summed E-state index contributed by atoms with van der Waals surface area (Å²) in [7, 11) is 0. The molecular weight excluding hydrogens is 230 g/mol. The summed E-state index contributed by atoms with van der Waals surface area (Å²) in [6.45, 7) is 5.06. The Morgan fingerprint density at radius 1 is 1.67 bits per heavy atom. The lowest BCUT2D eigenvalue weighted by Gasteiger charge is -2.25. The minimum Gasteiger partial charge on any atom is -0.379 e. The van der Waals surface area contributed by atoms with Gasteiger partial charge in [-0.25, -0.2) is 0 Å². The molecule has 2 unspecified atom stereocenters. The molecule has 1 fully saturated rings. The Labute approximate surface area is 107 Å². The molecular formula is C13H19N3O2. The predicted molar refractivity (Wildman–Crippen MR) is 67.7 cm³/mol. The van der Waals surface area contributed by atoms with Crippen LogP contribution in [0.1, 0.15) is 18.2 Å². The molecule has 0 bridgehead atoms. The van der Waals surface area contributed by atoms with Crippen LogP contribution in [0.3, 0.4) is 0 Å². The number of nitrogens with two attached hydrogens (primary N) is 1. The zero-order valence-electron chi connectivity index (χ0n) is 10.8. The Morgan fingerprint density at radius 3 is 3.00 bits per heavy atom. The molecule has 98 valence electrons. The van der Waals surface area contributed by atoms with Gasteiger partial charge in [-0.15, -0.1) is 0 Å². The van der Waals surface area contributed by atoms with E-state index >= 15 is 0 Å². The van der Waals surface area contributed by atoms with Gasteiger partial charge in [0.25, 0.3) is 0 Å². The molecule has 0 aromatic carbocycles. The second kappa shape index (κ2) is 5.04. The number of aromatic nitrogens is 1. The number of amides is 1. The lowest BCUT2D eigenvalue weighted by Crippen LogP contribution is -2.49. The van der Waals surface area contributed by atoms with Crippen molar-refractivity contribution in [2.24, 2.45) is 11.1 Å². The van der Waals surface area contributed by atoms with Crippen LogP contribution >= 0.6 is 0 Å². The highest BCUT2D eigenvalue weighted by atomic mass is 16.5. The molecule has 1 amide bonds. The van der Waals surface area contributed by atoms with Crippen LogP contribution in [0.5, 0.6) is 0 Å². The number of ether oxygens (including phenoxy) is 1. The molecule has 3 N–H and O–H groups in total. The van der Waals surface area contributed by atoms with Gasteiger partial charge in [0.2, 0.25) is 5.91 Å². The molecule has 2 rings (SSSR count). The molecule has 18 heavy (non-hydrogen) atoms. The second-order valence-electron chi connectivity index (χ2n) is 5.03. The zero-order chi connectivity index (χ0) is 13.2. The summed E-state index contributed by atoms with van der Waals surface area (Å²) in [5.41, 5.74) is 7.22. The Balaban J connectivity index is 1.94. The fourth-order valence-corrected chi connectivity index (χ4v) is 1.91. The maximum atomic E-state index is 12.1. The van der Waals surface area contributed by atoms with Gasteiger partial charge in [-0.05, 0) is 25.5 Å². The Kier molecular flexibility index (Phi) is 3.63. The van der Waals surface area contributed by atoms with E-state index in [1.165, 1.54) is 0 Å². The van der Waals surface area contributed by atoms with Crippen molar-refractivity contribution in [2.45, 2.75) is 26.4 Å². The topological polar surface area (TPSA) is 77.2 Å². The van der Waals surface area contributed by atoms with Crippen LogP contribution in [0.2, 0.25) is 0 Å². The lowest BCUT2D eigenvalue weighted by molar-refractivity contribution is -0.130. The van der Waals surface area contributed by atoms with Crippen LogP contribution in [0.4, 0.5) is 0 Å². The second-order valence-corrected chi connectivity index (χ2v) is 5.03.